The highest BCUT2D eigenvalue weighted by Crippen LogP contribution is 2.24. The summed E-state index contributed by atoms with van der Waals surface area (Å²) in [5, 5.41) is 6.75. The molecule has 0 aromatic heterocycles. The summed E-state index contributed by atoms with van der Waals surface area (Å²) in [6.07, 6.45) is 1.07. The monoisotopic (exact) mass is 539 g/mol. The van der Waals surface area contributed by atoms with E-state index in [-0.39, 0.29) is 30.1 Å². The van der Waals surface area contributed by atoms with Crippen molar-refractivity contribution in [1.29, 1.82) is 0 Å². The Balaban J connectivity index is 0.00000341. The zero-order chi connectivity index (χ0) is 21.3. The largest absolute Gasteiger partial charge is 0.496 e. The molecule has 3 rings (SSSR count). The Morgan fingerprint density at radius 1 is 1.13 bits per heavy atom. The second kappa shape index (κ2) is 12.8. The molecule has 170 valence electrons. The standard InChI is InChI=1S/C24H33N3O3.HI/c1-5-25-24(26-14-19-7-9-22(28-4)18(3)13-19)27-15-20-8-6-17(2)12-23(20)30-21-10-11-29-16-21;/h6-9,12-13,21H,5,10-11,14-16H2,1-4H3,(H2,25,26,27);1H. The SMILES string of the molecule is CCNC(=NCc1ccc(OC)c(C)c1)NCc1ccc(C)cc1OC1CCOC1.I. The molecule has 1 heterocycles. The molecule has 0 bridgehead atoms. The van der Waals surface area contributed by atoms with E-state index in [1.807, 2.05) is 13.0 Å². The number of aliphatic imine (C=N–C) groups is 1. The van der Waals surface area contributed by atoms with Crippen LogP contribution in [0.1, 0.15) is 35.6 Å². The molecule has 1 fully saturated rings. The predicted octanol–water partition coefficient (Wildman–Crippen LogP) is 4.35. The van der Waals surface area contributed by atoms with E-state index < -0.39 is 0 Å². The molecular weight excluding hydrogens is 505 g/mol. The number of ether oxygens (including phenoxy) is 3. The smallest absolute Gasteiger partial charge is 0.191 e. The van der Waals surface area contributed by atoms with Crippen molar-refractivity contribution >= 4 is 29.9 Å². The van der Waals surface area contributed by atoms with E-state index in [0.29, 0.717) is 19.7 Å². The molecule has 0 amide bonds. The lowest BCUT2D eigenvalue weighted by Gasteiger charge is -2.18. The minimum absolute atomic E-state index is 0. The minimum atomic E-state index is 0. The second-order valence-corrected chi connectivity index (χ2v) is 7.57. The van der Waals surface area contributed by atoms with Crippen molar-refractivity contribution in [2.24, 2.45) is 4.99 Å². The number of methoxy groups -OCH3 is 1. The van der Waals surface area contributed by atoms with Gasteiger partial charge in [0.25, 0.3) is 0 Å². The Morgan fingerprint density at radius 2 is 1.97 bits per heavy atom. The van der Waals surface area contributed by atoms with Crippen LogP contribution in [-0.4, -0.2) is 38.9 Å². The van der Waals surface area contributed by atoms with E-state index in [4.69, 9.17) is 19.2 Å². The molecule has 2 N–H and O–H groups in total. The van der Waals surface area contributed by atoms with Crippen molar-refractivity contribution in [3.05, 3.63) is 58.7 Å². The van der Waals surface area contributed by atoms with Gasteiger partial charge in [-0.05, 0) is 49.6 Å². The maximum Gasteiger partial charge on any atom is 0.191 e. The van der Waals surface area contributed by atoms with Gasteiger partial charge in [0.05, 0.1) is 26.9 Å². The molecule has 7 heteroatoms. The number of halogens is 1. The number of nitrogens with zero attached hydrogens (tertiary/aromatic N) is 1. The minimum Gasteiger partial charge on any atom is -0.496 e. The predicted molar refractivity (Wildman–Crippen MR) is 136 cm³/mol. The van der Waals surface area contributed by atoms with Gasteiger partial charge in [0.2, 0.25) is 0 Å². The Morgan fingerprint density at radius 3 is 2.65 bits per heavy atom. The van der Waals surface area contributed by atoms with Crippen LogP contribution < -0.4 is 20.1 Å². The Labute approximate surface area is 202 Å². The van der Waals surface area contributed by atoms with Crippen molar-refractivity contribution in [3.8, 4) is 11.5 Å². The fourth-order valence-electron chi connectivity index (χ4n) is 3.43. The molecule has 0 aliphatic carbocycles. The third-order valence-corrected chi connectivity index (χ3v) is 5.07. The highest BCUT2D eigenvalue weighted by atomic mass is 127. The van der Waals surface area contributed by atoms with E-state index in [1.54, 1.807) is 7.11 Å². The molecule has 1 unspecified atom stereocenters. The lowest BCUT2D eigenvalue weighted by molar-refractivity contribution is 0.140. The van der Waals surface area contributed by atoms with Crippen LogP contribution in [0.15, 0.2) is 41.4 Å². The summed E-state index contributed by atoms with van der Waals surface area (Å²) < 4.78 is 17.0. The number of hydrogen-bond donors (Lipinski definition) is 2. The lowest BCUT2D eigenvalue weighted by Crippen LogP contribution is -2.37. The molecule has 1 aliphatic heterocycles. The normalized spacial score (nSPS) is 15.9. The van der Waals surface area contributed by atoms with Crippen molar-refractivity contribution in [1.82, 2.24) is 10.6 Å². The van der Waals surface area contributed by atoms with Crippen molar-refractivity contribution < 1.29 is 14.2 Å². The van der Waals surface area contributed by atoms with E-state index >= 15 is 0 Å². The molecule has 1 atom stereocenters. The lowest BCUT2D eigenvalue weighted by atomic mass is 10.1. The van der Waals surface area contributed by atoms with Gasteiger partial charge in [-0.15, -0.1) is 24.0 Å². The number of hydrogen-bond acceptors (Lipinski definition) is 4. The van der Waals surface area contributed by atoms with Crippen LogP contribution in [0.2, 0.25) is 0 Å². The third kappa shape index (κ3) is 7.57. The summed E-state index contributed by atoms with van der Waals surface area (Å²) in [5.74, 6) is 2.59. The molecule has 2 aromatic carbocycles. The van der Waals surface area contributed by atoms with Crippen LogP contribution in [0, 0.1) is 13.8 Å². The van der Waals surface area contributed by atoms with Crippen molar-refractivity contribution in [2.75, 3.05) is 26.9 Å². The average molecular weight is 539 g/mol. The molecule has 6 nitrogen and oxygen atoms in total. The number of benzene rings is 2. The first kappa shape index (κ1) is 25.3. The fourth-order valence-corrected chi connectivity index (χ4v) is 3.43. The Bertz CT molecular complexity index is 867. The molecular formula is C24H34IN3O3. The van der Waals surface area contributed by atoms with Crippen LogP contribution in [-0.2, 0) is 17.8 Å². The molecule has 0 saturated carbocycles. The van der Waals surface area contributed by atoms with Gasteiger partial charge in [0, 0.05) is 25.1 Å². The van der Waals surface area contributed by atoms with Crippen LogP contribution in [0.4, 0.5) is 0 Å². The summed E-state index contributed by atoms with van der Waals surface area (Å²) in [4.78, 5) is 4.74. The summed E-state index contributed by atoms with van der Waals surface area (Å²) >= 11 is 0. The van der Waals surface area contributed by atoms with Crippen molar-refractivity contribution in [2.45, 2.75) is 46.4 Å². The topological polar surface area (TPSA) is 64.1 Å². The number of nitrogens with one attached hydrogen (secondary N) is 2. The summed E-state index contributed by atoms with van der Waals surface area (Å²) in [5.41, 5.74) is 4.55. The second-order valence-electron chi connectivity index (χ2n) is 7.57. The molecule has 31 heavy (non-hydrogen) atoms. The van der Waals surface area contributed by atoms with Gasteiger partial charge >= 0.3 is 0 Å². The van der Waals surface area contributed by atoms with Gasteiger partial charge in [-0.3, -0.25) is 0 Å². The van der Waals surface area contributed by atoms with E-state index in [0.717, 1.165) is 53.7 Å². The number of guanidine groups is 1. The highest BCUT2D eigenvalue weighted by molar-refractivity contribution is 14.0. The molecule has 1 aliphatic rings. The quantitative estimate of drug-likeness (QED) is 0.297. The van der Waals surface area contributed by atoms with Gasteiger partial charge in [-0.1, -0.05) is 24.3 Å². The van der Waals surface area contributed by atoms with Crippen LogP contribution in [0.5, 0.6) is 11.5 Å². The van der Waals surface area contributed by atoms with Crippen LogP contribution >= 0.6 is 24.0 Å². The maximum atomic E-state index is 6.21. The first-order valence-corrected chi connectivity index (χ1v) is 10.6. The molecule has 1 saturated heterocycles. The van der Waals surface area contributed by atoms with Crippen LogP contribution in [0.3, 0.4) is 0 Å². The number of rotatable bonds is 8. The Kier molecular flexibility index (Phi) is 10.4. The average Bonchev–Trinajstić information content (AvgIpc) is 3.24. The number of aryl methyl sites for hydroxylation is 2. The summed E-state index contributed by atoms with van der Waals surface area (Å²) in [6, 6.07) is 12.5. The van der Waals surface area contributed by atoms with Gasteiger partial charge in [0.1, 0.15) is 17.6 Å². The van der Waals surface area contributed by atoms with Gasteiger partial charge in [-0.2, -0.15) is 0 Å². The van der Waals surface area contributed by atoms with E-state index in [2.05, 4.69) is 54.8 Å². The Hall–Kier alpha value is -2.00. The highest BCUT2D eigenvalue weighted by Gasteiger charge is 2.18. The van der Waals surface area contributed by atoms with Gasteiger partial charge < -0.3 is 24.8 Å². The summed E-state index contributed by atoms with van der Waals surface area (Å²) in [6.45, 7) is 9.65. The zero-order valence-electron chi connectivity index (χ0n) is 18.9. The fraction of sp³-hybridized carbons (Fsp3) is 0.458. The van der Waals surface area contributed by atoms with Gasteiger partial charge in [-0.25, -0.2) is 4.99 Å². The third-order valence-electron chi connectivity index (χ3n) is 5.07. The zero-order valence-corrected chi connectivity index (χ0v) is 21.2. The van der Waals surface area contributed by atoms with E-state index in [1.165, 1.54) is 5.56 Å². The van der Waals surface area contributed by atoms with Gasteiger partial charge in [0.15, 0.2) is 5.96 Å². The molecule has 2 aromatic rings. The maximum absolute atomic E-state index is 6.21. The molecule has 0 radical (unpaired) electrons. The van der Waals surface area contributed by atoms with E-state index in [9.17, 15) is 0 Å². The first-order valence-electron chi connectivity index (χ1n) is 10.6. The van der Waals surface area contributed by atoms with Crippen molar-refractivity contribution in [3.63, 3.8) is 0 Å². The summed E-state index contributed by atoms with van der Waals surface area (Å²) in [7, 11) is 1.69. The molecule has 0 spiro atoms. The van der Waals surface area contributed by atoms with Crippen LogP contribution in [0.25, 0.3) is 0 Å². The first-order chi connectivity index (χ1) is 14.6.